The zero-order chi connectivity index (χ0) is 18.3. The van der Waals surface area contributed by atoms with Gasteiger partial charge in [-0.3, -0.25) is 0 Å². The van der Waals surface area contributed by atoms with Crippen molar-refractivity contribution in [1.82, 2.24) is 24.1 Å². The lowest BCUT2D eigenvalue weighted by Gasteiger charge is -2.06. The molecule has 0 spiro atoms. The van der Waals surface area contributed by atoms with Crippen LogP contribution in [0.15, 0.2) is 30.6 Å². The third-order valence-electron chi connectivity index (χ3n) is 5.03. The van der Waals surface area contributed by atoms with E-state index in [9.17, 15) is 0 Å². The second-order valence-electron chi connectivity index (χ2n) is 6.59. The van der Waals surface area contributed by atoms with Crippen LogP contribution in [0.2, 0.25) is 0 Å². The topological polar surface area (TPSA) is 57.2 Å². The molecule has 4 aromatic rings. The highest BCUT2D eigenvalue weighted by molar-refractivity contribution is 5.94. The molecule has 3 aromatic heterocycles. The minimum atomic E-state index is 0.695. The van der Waals surface area contributed by atoms with E-state index >= 15 is 0 Å². The largest absolute Gasteiger partial charge is 0.497 e. The Morgan fingerprint density at radius 2 is 1.85 bits per heavy atom. The van der Waals surface area contributed by atoms with Crippen molar-refractivity contribution < 1.29 is 4.74 Å². The zero-order valence-corrected chi connectivity index (χ0v) is 15.7. The number of nitrogens with zero attached hydrogens (tertiary/aromatic N) is 5. The van der Waals surface area contributed by atoms with Crippen molar-refractivity contribution in [3.8, 4) is 17.1 Å². The molecule has 0 bridgehead atoms. The minimum absolute atomic E-state index is 0.695. The first-order valence-electron chi connectivity index (χ1n) is 8.99. The molecular formula is C20H23N5O. The van der Waals surface area contributed by atoms with Gasteiger partial charge in [0.05, 0.1) is 12.5 Å². The highest BCUT2D eigenvalue weighted by Gasteiger charge is 2.18. The molecule has 0 fully saturated rings. The first-order chi connectivity index (χ1) is 12.6. The Bertz CT molecular complexity index is 1080. The number of aryl methyl sites for hydroxylation is 2. The Hall–Kier alpha value is -2.89. The van der Waals surface area contributed by atoms with Crippen LogP contribution in [0, 0.1) is 13.8 Å². The molecule has 134 valence electrons. The molecular weight excluding hydrogens is 326 g/mol. The van der Waals surface area contributed by atoms with Crippen LogP contribution in [-0.2, 0) is 6.54 Å². The molecule has 0 radical (unpaired) electrons. The molecule has 26 heavy (non-hydrogen) atoms. The van der Waals surface area contributed by atoms with E-state index in [2.05, 4.69) is 35.4 Å². The molecule has 0 N–H and O–H groups in total. The van der Waals surface area contributed by atoms with Crippen molar-refractivity contribution in [2.24, 2.45) is 0 Å². The predicted molar refractivity (Wildman–Crippen MR) is 103 cm³/mol. The van der Waals surface area contributed by atoms with Gasteiger partial charge >= 0.3 is 0 Å². The predicted octanol–water partition coefficient (Wildman–Crippen LogP) is 4.17. The van der Waals surface area contributed by atoms with Crippen molar-refractivity contribution in [3.05, 3.63) is 41.9 Å². The maximum Gasteiger partial charge on any atom is 0.182 e. The van der Waals surface area contributed by atoms with Gasteiger partial charge in [-0.25, -0.2) is 14.5 Å². The number of benzene rings is 1. The van der Waals surface area contributed by atoms with E-state index in [0.29, 0.717) is 5.82 Å². The molecule has 0 atom stereocenters. The van der Waals surface area contributed by atoms with Crippen LogP contribution in [0.4, 0.5) is 0 Å². The molecule has 0 saturated carbocycles. The van der Waals surface area contributed by atoms with Gasteiger partial charge in [-0.2, -0.15) is 0 Å². The number of ether oxygens (including phenoxy) is 1. The van der Waals surface area contributed by atoms with E-state index < -0.39 is 0 Å². The van der Waals surface area contributed by atoms with Crippen molar-refractivity contribution >= 4 is 16.7 Å². The van der Waals surface area contributed by atoms with Gasteiger partial charge in [-0.15, -0.1) is 5.10 Å². The van der Waals surface area contributed by atoms with Gasteiger partial charge in [-0.1, -0.05) is 13.3 Å². The molecule has 1 aromatic carbocycles. The van der Waals surface area contributed by atoms with Crippen LogP contribution in [0.1, 0.15) is 31.0 Å². The Morgan fingerprint density at radius 1 is 1.08 bits per heavy atom. The second kappa shape index (κ2) is 6.44. The first kappa shape index (κ1) is 16.6. The maximum absolute atomic E-state index is 5.23. The molecule has 0 aliphatic carbocycles. The third-order valence-corrected chi connectivity index (χ3v) is 5.03. The quantitative estimate of drug-likeness (QED) is 0.542. The fourth-order valence-electron chi connectivity index (χ4n) is 3.38. The minimum Gasteiger partial charge on any atom is -0.497 e. The fourth-order valence-corrected chi connectivity index (χ4v) is 3.38. The average molecular weight is 349 g/mol. The lowest BCUT2D eigenvalue weighted by molar-refractivity contribution is 0.415. The van der Waals surface area contributed by atoms with E-state index in [1.54, 1.807) is 18.0 Å². The summed E-state index contributed by atoms with van der Waals surface area (Å²) in [6.45, 7) is 7.49. The molecule has 6 heteroatoms. The summed E-state index contributed by atoms with van der Waals surface area (Å²) in [6.07, 6.45) is 4.06. The summed E-state index contributed by atoms with van der Waals surface area (Å²) in [5.74, 6) is 1.52. The zero-order valence-electron chi connectivity index (χ0n) is 15.7. The summed E-state index contributed by atoms with van der Waals surface area (Å²) >= 11 is 0. The van der Waals surface area contributed by atoms with Crippen molar-refractivity contribution in [2.75, 3.05) is 7.11 Å². The van der Waals surface area contributed by atoms with Gasteiger partial charge in [-0.05, 0) is 50.1 Å². The van der Waals surface area contributed by atoms with Crippen LogP contribution < -0.4 is 4.74 Å². The van der Waals surface area contributed by atoms with Crippen molar-refractivity contribution in [1.29, 1.82) is 0 Å². The highest BCUT2D eigenvalue weighted by Crippen LogP contribution is 2.28. The van der Waals surface area contributed by atoms with Crippen molar-refractivity contribution in [3.63, 3.8) is 0 Å². The number of fused-ring (bicyclic) bond motifs is 3. The van der Waals surface area contributed by atoms with Crippen LogP contribution in [-0.4, -0.2) is 31.3 Å². The molecule has 0 saturated heterocycles. The summed E-state index contributed by atoms with van der Waals surface area (Å²) in [5, 5.41) is 5.71. The molecule has 0 amide bonds. The number of unbranched alkanes of at least 4 members (excludes halogenated alkanes) is 1. The fraction of sp³-hybridized carbons (Fsp3) is 0.350. The summed E-state index contributed by atoms with van der Waals surface area (Å²) in [7, 11) is 1.66. The molecule has 0 unspecified atom stereocenters. The summed E-state index contributed by atoms with van der Waals surface area (Å²) in [6, 6.07) is 7.79. The first-order valence-corrected chi connectivity index (χ1v) is 8.99. The molecule has 3 heterocycles. The van der Waals surface area contributed by atoms with Crippen molar-refractivity contribution in [2.45, 2.75) is 40.2 Å². The molecule has 0 aliphatic heterocycles. The van der Waals surface area contributed by atoms with E-state index in [4.69, 9.17) is 9.72 Å². The lowest BCUT2D eigenvalue weighted by Crippen LogP contribution is -2.01. The van der Waals surface area contributed by atoms with Crippen LogP contribution in [0.3, 0.4) is 0 Å². The van der Waals surface area contributed by atoms with E-state index in [1.165, 1.54) is 11.3 Å². The number of methoxy groups -OCH3 is 1. The standard InChI is InChI=1S/C20H23N5O/c1-5-6-11-24-14(3)13(2)17-19(24)21-12-25-20(17)22-18(23-25)15-7-9-16(26-4)10-8-15/h7-10,12H,5-6,11H2,1-4H3. The Balaban J connectivity index is 1.88. The number of rotatable bonds is 5. The van der Waals surface area contributed by atoms with Gasteiger partial charge in [0.25, 0.3) is 0 Å². The monoisotopic (exact) mass is 349 g/mol. The van der Waals surface area contributed by atoms with Crippen LogP contribution in [0.5, 0.6) is 5.75 Å². The van der Waals surface area contributed by atoms with Crippen LogP contribution in [0.25, 0.3) is 28.1 Å². The summed E-state index contributed by atoms with van der Waals surface area (Å²) < 4.78 is 9.30. The Kier molecular flexibility index (Phi) is 4.11. The number of hydrogen-bond donors (Lipinski definition) is 0. The van der Waals surface area contributed by atoms with Gasteiger partial charge in [0.1, 0.15) is 17.7 Å². The Labute approximate surface area is 152 Å². The third kappa shape index (κ3) is 2.53. The van der Waals surface area contributed by atoms with Gasteiger partial charge in [0, 0.05) is 17.8 Å². The number of aromatic nitrogens is 5. The van der Waals surface area contributed by atoms with E-state index in [1.807, 2.05) is 24.3 Å². The van der Waals surface area contributed by atoms with Crippen LogP contribution >= 0.6 is 0 Å². The molecule has 0 aliphatic rings. The van der Waals surface area contributed by atoms with E-state index in [-0.39, 0.29) is 0 Å². The molecule has 6 nitrogen and oxygen atoms in total. The normalized spacial score (nSPS) is 11.5. The smallest absolute Gasteiger partial charge is 0.182 e. The molecule has 4 rings (SSSR count). The van der Waals surface area contributed by atoms with Gasteiger partial charge < -0.3 is 9.30 Å². The lowest BCUT2D eigenvalue weighted by atomic mass is 10.2. The summed E-state index contributed by atoms with van der Waals surface area (Å²) in [4.78, 5) is 9.50. The SMILES string of the molecule is CCCCn1c(C)c(C)c2c1ncn1nc(-c3ccc(OC)cc3)nc21. The van der Waals surface area contributed by atoms with Gasteiger partial charge in [0.2, 0.25) is 0 Å². The van der Waals surface area contributed by atoms with E-state index in [0.717, 1.165) is 47.4 Å². The number of hydrogen-bond acceptors (Lipinski definition) is 4. The average Bonchev–Trinajstić information content (AvgIpc) is 3.20. The Morgan fingerprint density at radius 3 is 2.54 bits per heavy atom. The second-order valence-corrected chi connectivity index (χ2v) is 6.59. The van der Waals surface area contributed by atoms with Gasteiger partial charge in [0.15, 0.2) is 11.5 Å². The highest BCUT2D eigenvalue weighted by atomic mass is 16.5. The summed E-state index contributed by atoms with van der Waals surface area (Å²) in [5.41, 5.74) is 5.29. The maximum atomic E-state index is 5.23.